The van der Waals surface area contributed by atoms with Crippen LogP contribution >= 0.6 is 0 Å². The number of rotatable bonds is 9. The van der Waals surface area contributed by atoms with Gasteiger partial charge in [-0.15, -0.1) is 0 Å². The van der Waals surface area contributed by atoms with Crippen LogP contribution in [0.2, 0.25) is 0 Å². The van der Waals surface area contributed by atoms with Crippen LogP contribution in [0.4, 0.5) is 0 Å². The van der Waals surface area contributed by atoms with Crippen molar-refractivity contribution in [2.24, 2.45) is 57.7 Å². The van der Waals surface area contributed by atoms with Gasteiger partial charge in [0.05, 0.1) is 11.0 Å². The zero-order valence-electron chi connectivity index (χ0n) is 29.9. The Morgan fingerprint density at radius 1 is 0.979 bits per heavy atom. The van der Waals surface area contributed by atoms with Crippen LogP contribution in [-0.4, -0.2) is 43.8 Å². The molecule has 2 N–H and O–H groups in total. The lowest BCUT2D eigenvalue weighted by molar-refractivity contribution is -0.138. The molecule has 4 aliphatic carbocycles. The summed E-state index contributed by atoms with van der Waals surface area (Å²) in [6.45, 7) is 18.5. The largest absolute Gasteiger partial charge is 0.478 e. The summed E-state index contributed by atoms with van der Waals surface area (Å²) in [4.78, 5) is 25.5. The molecule has 0 aromatic heterocycles. The summed E-state index contributed by atoms with van der Waals surface area (Å²) < 4.78 is 29.2. The second kappa shape index (κ2) is 12.8. The van der Waals surface area contributed by atoms with E-state index >= 15 is 0 Å². The number of carbonyl (C=O) groups is 2. The topological polar surface area (TPSA) is 104 Å². The first-order valence-electron chi connectivity index (χ1n) is 17.8. The maximum atomic E-state index is 14.0. The average molecular weight is 667 g/mol. The first-order chi connectivity index (χ1) is 21.9. The number of amides is 1. The summed E-state index contributed by atoms with van der Waals surface area (Å²) in [5.74, 6) is 1.48. The van der Waals surface area contributed by atoms with Crippen molar-refractivity contribution in [2.45, 2.75) is 99.3 Å². The second-order valence-electron chi connectivity index (χ2n) is 16.8. The van der Waals surface area contributed by atoms with Crippen molar-refractivity contribution in [1.82, 2.24) is 9.03 Å². The minimum atomic E-state index is -3.88. The third-order valence-electron chi connectivity index (χ3n) is 13.8. The van der Waals surface area contributed by atoms with Crippen molar-refractivity contribution in [3.63, 3.8) is 0 Å². The molecule has 47 heavy (non-hydrogen) atoms. The lowest BCUT2D eigenvalue weighted by Crippen LogP contribution is -2.54. The Balaban J connectivity index is 1.43. The summed E-state index contributed by atoms with van der Waals surface area (Å²) in [5, 5.41) is 9.42. The monoisotopic (exact) mass is 666 g/mol. The lowest BCUT2D eigenvalue weighted by Gasteiger charge is -2.59. The number of aromatic carboxylic acids is 1. The maximum Gasteiger partial charge on any atom is 0.335 e. The molecule has 1 aromatic rings. The molecule has 5 rings (SSSR count). The van der Waals surface area contributed by atoms with Crippen LogP contribution in [0.15, 0.2) is 42.5 Å². The first-order valence-corrected chi connectivity index (χ1v) is 19.2. The molecule has 0 radical (unpaired) electrons. The van der Waals surface area contributed by atoms with Crippen LogP contribution < -0.4 is 4.72 Å². The molecule has 0 aliphatic heterocycles. The van der Waals surface area contributed by atoms with Crippen LogP contribution in [0.3, 0.4) is 0 Å². The van der Waals surface area contributed by atoms with Crippen LogP contribution in [-0.2, 0) is 15.0 Å². The number of benzene rings is 1. The Morgan fingerprint density at radius 2 is 1.62 bits per heavy atom. The number of hydrogen-bond donors (Lipinski definition) is 2. The maximum absolute atomic E-state index is 14.0. The number of fused-ring (bicyclic) bond motifs is 2. The van der Waals surface area contributed by atoms with E-state index in [4.69, 9.17) is 0 Å². The van der Waals surface area contributed by atoms with E-state index in [2.05, 4.69) is 58.9 Å². The van der Waals surface area contributed by atoms with Gasteiger partial charge in [0.25, 0.3) is 0 Å². The summed E-state index contributed by atoms with van der Waals surface area (Å²) in [6.07, 6.45) is 11.2. The highest BCUT2D eigenvalue weighted by molar-refractivity contribution is 7.87. The molecule has 3 fully saturated rings. The third-order valence-corrected chi connectivity index (χ3v) is 15.2. The molecule has 4 aliphatic rings. The Hall–Kier alpha value is -2.45. The average Bonchev–Trinajstić information content (AvgIpc) is 3.39. The van der Waals surface area contributed by atoms with Crippen LogP contribution in [0.5, 0.6) is 0 Å². The SMILES string of the molecule is C=C(C)C1CCC2(C(=O)NS(=O)(=O)N(C)C)CCC(C)C(CCC3C(C)CCC4C(C)(C)C(c5ccc(C(=O)O)cc5)=CCC34C)C12. The minimum absolute atomic E-state index is 0.0596. The normalized spacial score (nSPS) is 36.6. The molecule has 7 nitrogen and oxygen atoms in total. The van der Waals surface area contributed by atoms with Crippen molar-refractivity contribution in [3.05, 3.63) is 53.6 Å². The summed E-state index contributed by atoms with van der Waals surface area (Å²) in [6, 6.07) is 7.38. The number of carboxylic acid groups (broad SMARTS) is 1. The molecule has 1 amide bonds. The molecule has 3 saturated carbocycles. The summed E-state index contributed by atoms with van der Waals surface area (Å²) in [5.41, 5.74) is 3.25. The third kappa shape index (κ3) is 6.15. The Bertz CT molecular complexity index is 1530. The van der Waals surface area contributed by atoms with Gasteiger partial charge >= 0.3 is 16.2 Å². The van der Waals surface area contributed by atoms with E-state index in [9.17, 15) is 23.1 Å². The molecular weight excluding hydrogens is 609 g/mol. The number of carboxylic acids is 1. The molecule has 0 bridgehead atoms. The van der Waals surface area contributed by atoms with Crippen LogP contribution in [0.25, 0.3) is 5.57 Å². The van der Waals surface area contributed by atoms with Gasteiger partial charge in [-0.1, -0.05) is 71.4 Å². The summed E-state index contributed by atoms with van der Waals surface area (Å²) >= 11 is 0. The van der Waals surface area contributed by atoms with Crippen molar-refractivity contribution in [1.29, 1.82) is 0 Å². The first kappa shape index (κ1) is 35.8. The molecule has 0 heterocycles. The van der Waals surface area contributed by atoms with Crippen molar-refractivity contribution in [2.75, 3.05) is 14.1 Å². The number of allylic oxidation sites excluding steroid dienone is 3. The van der Waals surface area contributed by atoms with Gasteiger partial charge in [0.2, 0.25) is 5.91 Å². The van der Waals surface area contributed by atoms with Crippen molar-refractivity contribution < 1.29 is 23.1 Å². The number of nitrogens with one attached hydrogen (secondary N) is 1. The van der Waals surface area contributed by atoms with E-state index in [-0.39, 0.29) is 28.6 Å². The van der Waals surface area contributed by atoms with Crippen LogP contribution in [0, 0.1) is 57.7 Å². The van der Waals surface area contributed by atoms with Gasteiger partial charge in [-0.05, 0) is 134 Å². The van der Waals surface area contributed by atoms with Gasteiger partial charge < -0.3 is 5.11 Å². The highest BCUT2D eigenvalue weighted by Gasteiger charge is 2.60. The predicted octanol–water partition coefficient (Wildman–Crippen LogP) is 8.20. The van der Waals surface area contributed by atoms with Gasteiger partial charge in [0.1, 0.15) is 0 Å². The number of carbonyl (C=O) groups excluding carboxylic acids is 1. The zero-order valence-corrected chi connectivity index (χ0v) is 30.8. The predicted molar refractivity (Wildman–Crippen MR) is 189 cm³/mol. The van der Waals surface area contributed by atoms with Gasteiger partial charge in [-0.2, -0.15) is 12.7 Å². The zero-order chi connectivity index (χ0) is 34.7. The van der Waals surface area contributed by atoms with Gasteiger partial charge in [-0.25, -0.2) is 9.52 Å². The smallest absolute Gasteiger partial charge is 0.335 e. The quantitative estimate of drug-likeness (QED) is 0.259. The highest BCUT2D eigenvalue weighted by atomic mass is 32.2. The molecular formula is C39H58N2O5S. The molecule has 9 atom stereocenters. The molecule has 9 unspecified atom stereocenters. The van der Waals surface area contributed by atoms with Crippen LogP contribution in [0.1, 0.15) is 115 Å². The molecule has 8 heteroatoms. The fraction of sp³-hybridized carbons (Fsp3) is 0.692. The fourth-order valence-corrected chi connectivity index (χ4v) is 11.9. The Kier molecular flexibility index (Phi) is 9.75. The standard InChI is InChI=1S/C39H58N2O5S/c1-24(2)29-19-23-39(36(44)40-47(45,46)41(8)9)22-18-25(3)30(34(29)39)15-16-31-26(4)10-17-33-37(5,6)32(20-21-38(31,33)7)27-11-13-28(14-12-27)35(42)43/h11-14,20,25-26,29-31,33-34H,1,10,15-19,21-23H2,2-9H3,(H,40,44)(H,42,43). The Morgan fingerprint density at radius 3 is 2.21 bits per heavy atom. The van der Waals surface area contributed by atoms with Crippen molar-refractivity contribution >= 4 is 27.7 Å². The summed E-state index contributed by atoms with van der Waals surface area (Å²) in [7, 11) is -0.961. The molecule has 0 spiro atoms. The molecule has 0 saturated heterocycles. The number of nitrogens with zero attached hydrogens (tertiary/aromatic N) is 1. The minimum Gasteiger partial charge on any atom is -0.478 e. The van der Waals surface area contributed by atoms with Gasteiger partial charge in [0.15, 0.2) is 0 Å². The van der Waals surface area contributed by atoms with E-state index < -0.39 is 21.6 Å². The van der Waals surface area contributed by atoms with E-state index in [1.54, 1.807) is 12.1 Å². The van der Waals surface area contributed by atoms with Gasteiger partial charge in [0, 0.05) is 14.1 Å². The van der Waals surface area contributed by atoms with Crippen molar-refractivity contribution in [3.8, 4) is 0 Å². The fourth-order valence-electron chi connectivity index (χ4n) is 11.3. The van der Waals surface area contributed by atoms with E-state index in [1.165, 1.54) is 32.5 Å². The van der Waals surface area contributed by atoms with E-state index in [1.807, 2.05) is 12.1 Å². The molecule has 1 aromatic carbocycles. The van der Waals surface area contributed by atoms with E-state index in [0.29, 0.717) is 41.6 Å². The lowest BCUT2D eigenvalue weighted by atomic mass is 9.45. The Labute approximate surface area is 283 Å². The molecule has 260 valence electrons. The van der Waals surface area contributed by atoms with Gasteiger partial charge in [-0.3, -0.25) is 4.79 Å². The second-order valence-corrected chi connectivity index (χ2v) is 18.7. The van der Waals surface area contributed by atoms with E-state index in [0.717, 1.165) is 54.0 Å². The number of hydrogen-bond acceptors (Lipinski definition) is 4. The highest BCUT2D eigenvalue weighted by Crippen LogP contribution is 2.65.